The maximum atomic E-state index is 13.0. The number of alkyl halides is 3. The lowest BCUT2D eigenvalue weighted by molar-refractivity contribution is -0.137. The van der Waals surface area contributed by atoms with Crippen molar-refractivity contribution in [1.82, 2.24) is 0 Å². The maximum Gasteiger partial charge on any atom is 0.418 e. The molecule has 1 aromatic rings. The summed E-state index contributed by atoms with van der Waals surface area (Å²) in [5.41, 5.74) is -0.398. The summed E-state index contributed by atoms with van der Waals surface area (Å²) < 4.78 is 39.6. The normalized spacial score (nSPS) is 23.6. The molecule has 1 saturated carbocycles. The van der Waals surface area contributed by atoms with E-state index in [0.717, 1.165) is 37.7 Å². The Balaban J connectivity index is 2.10. The highest BCUT2D eigenvalue weighted by atomic mass is 79.9. The van der Waals surface area contributed by atoms with Crippen molar-refractivity contribution in [2.45, 2.75) is 51.2 Å². The summed E-state index contributed by atoms with van der Waals surface area (Å²) in [4.78, 5) is 0. The highest BCUT2D eigenvalue weighted by molar-refractivity contribution is 9.10. The number of hydrogen-bond acceptors (Lipinski definition) is 1. The van der Waals surface area contributed by atoms with E-state index < -0.39 is 11.7 Å². The second-order valence-electron chi connectivity index (χ2n) is 5.46. The number of nitrogens with one attached hydrogen (secondary N) is 1. The first-order valence-corrected chi connectivity index (χ1v) is 7.82. The second-order valence-corrected chi connectivity index (χ2v) is 6.37. The Bertz CT molecular complexity index is 451. The van der Waals surface area contributed by atoms with E-state index in [0.29, 0.717) is 4.47 Å². The van der Waals surface area contributed by atoms with Gasteiger partial charge < -0.3 is 5.32 Å². The smallest absolute Gasteiger partial charge is 0.382 e. The van der Waals surface area contributed by atoms with Gasteiger partial charge in [-0.1, -0.05) is 29.3 Å². The van der Waals surface area contributed by atoms with Crippen LogP contribution in [0.15, 0.2) is 22.7 Å². The average molecular weight is 350 g/mol. The van der Waals surface area contributed by atoms with Crippen LogP contribution >= 0.6 is 15.9 Å². The average Bonchev–Trinajstić information content (AvgIpc) is 2.40. The number of rotatable bonds is 3. The number of halogens is 4. The van der Waals surface area contributed by atoms with Crippen LogP contribution in [0.2, 0.25) is 0 Å². The van der Waals surface area contributed by atoms with Gasteiger partial charge in [0.05, 0.1) is 5.56 Å². The fraction of sp³-hybridized carbons (Fsp3) is 0.600. The molecule has 0 unspecified atom stereocenters. The van der Waals surface area contributed by atoms with Crippen molar-refractivity contribution in [3.63, 3.8) is 0 Å². The summed E-state index contributed by atoms with van der Waals surface area (Å²) in [5, 5.41) is 3.09. The van der Waals surface area contributed by atoms with Gasteiger partial charge in [0.2, 0.25) is 0 Å². The van der Waals surface area contributed by atoms with Gasteiger partial charge in [-0.05, 0) is 49.8 Å². The Hall–Kier alpha value is -0.710. The van der Waals surface area contributed by atoms with Crippen molar-refractivity contribution in [2.24, 2.45) is 5.92 Å². The summed E-state index contributed by atoms with van der Waals surface area (Å²) in [6.07, 6.45) is 0.946. The number of hydrogen-bond donors (Lipinski definition) is 1. The standard InChI is InChI=1S/C15H19BrF3N/c1-2-10-3-6-12(7-4-10)20-14-8-5-11(16)9-13(14)15(17,18)19/h5,8-10,12,20H,2-4,6-7H2,1H3. The zero-order valence-electron chi connectivity index (χ0n) is 11.4. The molecule has 2 rings (SSSR count). The molecule has 112 valence electrons. The van der Waals surface area contributed by atoms with E-state index in [2.05, 4.69) is 28.2 Å². The van der Waals surface area contributed by atoms with E-state index in [1.807, 2.05) is 0 Å². The summed E-state index contributed by atoms with van der Waals surface area (Å²) >= 11 is 3.10. The highest BCUT2D eigenvalue weighted by Gasteiger charge is 2.34. The van der Waals surface area contributed by atoms with Crippen LogP contribution in [-0.4, -0.2) is 6.04 Å². The summed E-state index contributed by atoms with van der Waals surface area (Å²) in [5.74, 6) is 0.736. The third-order valence-electron chi connectivity index (χ3n) is 4.07. The molecule has 0 radical (unpaired) electrons. The van der Waals surface area contributed by atoms with Crippen molar-refractivity contribution in [1.29, 1.82) is 0 Å². The van der Waals surface area contributed by atoms with E-state index in [4.69, 9.17) is 0 Å². The van der Waals surface area contributed by atoms with Gasteiger partial charge in [0, 0.05) is 16.2 Å². The lowest BCUT2D eigenvalue weighted by Crippen LogP contribution is -2.27. The molecule has 5 heteroatoms. The lowest BCUT2D eigenvalue weighted by atomic mass is 9.84. The quantitative estimate of drug-likeness (QED) is 0.721. The minimum Gasteiger partial charge on any atom is -0.382 e. The van der Waals surface area contributed by atoms with E-state index in [1.165, 1.54) is 12.5 Å². The summed E-state index contributed by atoms with van der Waals surface area (Å²) in [6.45, 7) is 2.18. The molecule has 20 heavy (non-hydrogen) atoms. The van der Waals surface area contributed by atoms with E-state index in [-0.39, 0.29) is 11.7 Å². The van der Waals surface area contributed by atoms with Crippen molar-refractivity contribution >= 4 is 21.6 Å². The fourth-order valence-electron chi connectivity index (χ4n) is 2.81. The van der Waals surface area contributed by atoms with Crippen LogP contribution in [0.3, 0.4) is 0 Å². The summed E-state index contributed by atoms with van der Waals surface area (Å²) in [7, 11) is 0. The zero-order chi connectivity index (χ0) is 14.8. The molecule has 1 aliphatic carbocycles. The van der Waals surface area contributed by atoms with Gasteiger partial charge in [-0.25, -0.2) is 0 Å². The van der Waals surface area contributed by atoms with Crippen LogP contribution in [-0.2, 0) is 6.18 Å². The molecule has 0 heterocycles. The minimum absolute atomic E-state index is 0.153. The van der Waals surface area contributed by atoms with E-state index >= 15 is 0 Å². The highest BCUT2D eigenvalue weighted by Crippen LogP contribution is 2.38. The largest absolute Gasteiger partial charge is 0.418 e. The molecule has 0 saturated heterocycles. The molecule has 0 aromatic heterocycles. The fourth-order valence-corrected chi connectivity index (χ4v) is 3.17. The molecule has 0 spiro atoms. The van der Waals surface area contributed by atoms with Gasteiger partial charge in [0.25, 0.3) is 0 Å². The third kappa shape index (κ3) is 3.90. The van der Waals surface area contributed by atoms with Gasteiger partial charge >= 0.3 is 6.18 Å². The Labute approximate surface area is 126 Å². The van der Waals surface area contributed by atoms with Crippen molar-refractivity contribution in [2.75, 3.05) is 5.32 Å². The van der Waals surface area contributed by atoms with Crippen molar-refractivity contribution in [3.05, 3.63) is 28.2 Å². The SMILES string of the molecule is CCC1CCC(Nc2ccc(Br)cc2C(F)(F)F)CC1. The maximum absolute atomic E-state index is 13.0. The van der Waals surface area contributed by atoms with Crippen LogP contribution < -0.4 is 5.32 Å². The molecule has 1 aliphatic rings. The Kier molecular flexibility index (Phi) is 4.99. The van der Waals surface area contributed by atoms with Crippen LogP contribution in [0, 0.1) is 5.92 Å². The van der Waals surface area contributed by atoms with Gasteiger partial charge in [-0.3, -0.25) is 0 Å². The zero-order valence-corrected chi connectivity index (χ0v) is 13.0. The summed E-state index contributed by atoms with van der Waals surface area (Å²) in [6, 6.07) is 4.45. The van der Waals surface area contributed by atoms with Gasteiger partial charge in [0.15, 0.2) is 0 Å². The number of benzene rings is 1. The van der Waals surface area contributed by atoms with E-state index in [9.17, 15) is 13.2 Å². The molecular weight excluding hydrogens is 331 g/mol. The van der Waals surface area contributed by atoms with Crippen LogP contribution in [0.5, 0.6) is 0 Å². The van der Waals surface area contributed by atoms with Crippen molar-refractivity contribution in [3.8, 4) is 0 Å². The first-order valence-electron chi connectivity index (χ1n) is 7.03. The first kappa shape index (κ1) is 15.7. The minimum atomic E-state index is -4.33. The third-order valence-corrected chi connectivity index (χ3v) is 4.56. The Morgan fingerprint density at radius 3 is 2.40 bits per heavy atom. The topological polar surface area (TPSA) is 12.0 Å². The number of anilines is 1. The monoisotopic (exact) mass is 349 g/mol. The first-order chi connectivity index (χ1) is 9.40. The second kappa shape index (κ2) is 6.37. The molecular formula is C15H19BrF3N. The van der Waals surface area contributed by atoms with Gasteiger partial charge in [-0.15, -0.1) is 0 Å². The molecule has 0 bridgehead atoms. The van der Waals surface area contributed by atoms with Crippen LogP contribution in [0.25, 0.3) is 0 Å². The molecule has 0 amide bonds. The van der Waals surface area contributed by atoms with Gasteiger partial charge in [-0.2, -0.15) is 13.2 Å². The van der Waals surface area contributed by atoms with E-state index in [1.54, 1.807) is 6.07 Å². The van der Waals surface area contributed by atoms with Crippen molar-refractivity contribution < 1.29 is 13.2 Å². The van der Waals surface area contributed by atoms with Crippen LogP contribution in [0.4, 0.5) is 18.9 Å². The molecule has 1 fully saturated rings. The molecule has 1 aromatic carbocycles. The predicted molar refractivity (Wildman–Crippen MR) is 78.8 cm³/mol. The Morgan fingerprint density at radius 1 is 1.20 bits per heavy atom. The molecule has 0 aliphatic heterocycles. The molecule has 0 atom stereocenters. The van der Waals surface area contributed by atoms with Crippen LogP contribution in [0.1, 0.15) is 44.6 Å². The van der Waals surface area contributed by atoms with Gasteiger partial charge in [0.1, 0.15) is 0 Å². The predicted octanol–water partition coefficient (Wildman–Crippen LogP) is 5.85. The lowest BCUT2D eigenvalue weighted by Gasteiger charge is -2.30. The molecule has 1 nitrogen and oxygen atoms in total. The Morgan fingerprint density at radius 2 is 1.85 bits per heavy atom. The molecule has 1 N–H and O–H groups in total.